The number of amides is 3. The molecule has 2 fully saturated rings. The Morgan fingerprint density at radius 3 is 2.88 bits per heavy atom. The second-order valence-corrected chi connectivity index (χ2v) is 7.40. The van der Waals surface area contributed by atoms with E-state index >= 15 is 0 Å². The molecule has 0 bridgehead atoms. The third-order valence-corrected chi connectivity index (χ3v) is 5.91. The van der Waals surface area contributed by atoms with Gasteiger partial charge in [-0.15, -0.1) is 0 Å². The van der Waals surface area contributed by atoms with Gasteiger partial charge in [-0.2, -0.15) is 0 Å². The van der Waals surface area contributed by atoms with E-state index in [-0.39, 0.29) is 24.1 Å². The summed E-state index contributed by atoms with van der Waals surface area (Å²) >= 11 is 0. The van der Waals surface area contributed by atoms with Crippen LogP contribution in [-0.2, 0) is 16.0 Å². The molecule has 7 nitrogen and oxygen atoms in total. The summed E-state index contributed by atoms with van der Waals surface area (Å²) < 4.78 is 14.3. The number of aryl methyl sites for hydroxylation is 1. The van der Waals surface area contributed by atoms with Crippen LogP contribution in [0.25, 0.3) is 0 Å². The Bertz CT molecular complexity index is 812. The van der Waals surface area contributed by atoms with Crippen molar-refractivity contribution in [3.63, 3.8) is 0 Å². The van der Waals surface area contributed by atoms with Crippen molar-refractivity contribution >= 4 is 29.3 Å². The highest BCUT2D eigenvalue weighted by molar-refractivity contribution is 5.95. The molecule has 3 aliphatic rings. The number of hydrogen-bond acceptors (Lipinski definition) is 3. The van der Waals surface area contributed by atoms with Crippen molar-refractivity contribution in [3.05, 3.63) is 23.5 Å². The van der Waals surface area contributed by atoms with Gasteiger partial charge in [0.2, 0.25) is 5.91 Å². The van der Waals surface area contributed by atoms with Gasteiger partial charge in [0.25, 0.3) is 0 Å². The zero-order chi connectivity index (χ0) is 18.5. The van der Waals surface area contributed by atoms with Crippen molar-refractivity contribution in [1.29, 1.82) is 0 Å². The van der Waals surface area contributed by atoms with E-state index in [1.165, 1.54) is 17.0 Å². The Hall–Kier alpha value is -2.64. The summed E-state index contributed by atoms with van der Waals surface area (Å²) in [5.41, 5.74) is 0.376. The molecular formula is C18H20FN3O4. The van der Waals surface area contributed by atoms with Crippen LogP contribution in [0.2, 0.25) is 0 Å². The molecule has 1 saturated carbocycles. The number of fused-ring (bicyclic) bond motifs is 2. The molecule has 1 saturated heterocycles. The maximum Gasteiger partial charge on any atom is 0.321 e. The lowest BCUT2D eigenvalue weighted by atomic mass is 9.81. The minimum absolute atomic E-state index is 0.0469. The molecule has 0 spiro atoms. The van der Waals surface area contributed by atoms with Crippen LogP contribution < -0.4 is 10.6 Å². The molecule has 1 aromatic rings. The van der Waals surface area contributed by atoms with Crippen molar-refractivity contribution in [1.82, 2.24) is 4.90 Å². The average Bonchev–Trinajstić information content (AvgIpc) is 3.14. The molecule has 1 aromatic carbocycles. The van der Waals surface area contributed by atoms with Crippen LogP contribution >= 0.6 is 0 Å². The topological polar surface area (TPSA) is 98.7 Å². The van der Waals surface area contributed by atoms with Crippen molar-refractivity contribution in [2.75, 3.05) is 23.7 Å². The lowest BCUT2D eigenvalue weighted by Gasteiger charge is -2.24. The van der Waals surface area contributed by atoms with Crippen LogP contribution in [0, 0.1) is 17.2 Å². The van der Waals surface area contributed by atoms with E-state index in [1.54, 1.807) is 0 Å². The van der Waals surface area contributed by atoms with Crippen LogP contribution in [0.3, 0.4) is 0 Å². The average molecular weight is 361 g/mol. The van der Waals surface area contributed by atoms with E-state index in [4.69, 9.17) is 0 Å². The Balaban J connectivity index is 1.51. The van der Waals surface area contributed by atoms with Gasteiger partial charge in [0, 0.05) is 25.2 Å². The first-order valence-electron chi connectivity index (χ1n) is 8.81. The number of anilines is 2. The van der Waals surface area contributed by atoms with Crippen LogP contribution in [0.5, 0.6) is 0 Å². The van der Waals surface area contributed by atoms with Crippen molar-refractivity contribution in [2.45, 2.75) is 32.1 Å². The molecule has 8 heteroatoms. The summed E-state index contributed by atoms with van der Waals surface area (Å²) in [6, 6.07) is 2.25. The monoisotopic (exact) mass is 361 g/mol. The molecule has 3 N–H and O–H groups in total. The quantitative estimate of drug-likeness (QED) is 0.753. The smallest absolute Gasteiger partial charge is 0.321 e. The zero-order valence-electron chi connectivity index (χ0n) is 14.2. The highest BCUT2D eigenvalue weighted by Crippen LogP contribution is 2.49. The number of carbonyl (C=O) groups is 3. The first-order chi connectivity index (χ1) is 12.4. The highest BCUT2D eigenvalue weighted by Gasteiger charge is 2.55. The van der Waals surface area contributed by atoms with E-state index in [0.717, 1.165) is 18.4 Å². The zero-order valence-corrected chi connectivity index (χ0v) is 14.2. The van der Waals surface area contributed by atoms with E-state index in [9.17, 15) is 23.9 Å². The molecule has 26 heavy (non-hydrogen) atoms. The van der Waals surface area contributed by atoms with E-state index in [0.29, 0.717) is 31.5 Å². The van der Waals surface area contributed by atoms with Crippen LogP contribution in [-0.4, -0.2) is 41.0 Å². The van der Waals surface area contributed by atoms with Gasteiger partial charge in [-0.1, -0.05) is 6.42 Å². The molecule has 0 radical (unpaired) electrons. The molecule has 2 atom stereocenters. The normalized spacial score (nSPS) is 26.9. The summed E-state index contributed by atoms with van der Waals surface area (Å²) in [5, 5.41) is 14.8. The number of halogens is 1. The minimum atomic E-state index is -0.865. The second kappa shape index (κ2) is 5.96. The van der Waals surface area contributed by atoms with Gasteiger partial charge >= 0.3 is 12.0 Å². The molecule has 1 aliphatic carbocycles. The van der Waals surface area contributed by atoms with Crippen LogP contribution in [0.1, 0.15) is 31.2 Å². The maximum atomic E-state index is 14.3. The number of urea groups is 1. The molecule has 0 unspecified atom stereocenters. The van der Waals surface area contributed by atoms with Crippen molar-refractivity contribution < 1.29 is 23.9 Å². The predicted molar refractivity (Wildman–Crippen MR) is 91.4 cm³/mol. The fourth-order valence-corrected chi connectivity index (χ4v) is 4.49. The van der Waals surface area contributed by atoms with Gasteiger partial charge in [0.1, 0.15) is 5.82 Å². The summed E-state index contributed by atoms with van der Waals surface area (Å²) in [7, 11) is 0. The number of hydrogen-bond donors (Lipinski definition) is 3. The SMILES string of the molecule is O=C1CCc2cc(NC(=O)N3C[C@@H]4CCC[C@@]4(C(=O)O)C3)c(F)cc2N1. The maximum absolute atomic E-state index is 14.3. The van der Waals surface area contributed by atoms with Gasteiger partial charge in [0.05, 0.1) is 11.1 Å². The molecular weight excluding hydrogens is 341 g/mol. The number of carboxylic acids is 1. The third kappa shape index (κ3) is 2.60. The Morgan fingerprint density at radius 1 is 1.35 bits per heavy atom. The van der Waals surface area contributed by atoms with Gasteiger partial charge in [0.15, 0.2) is 0 Å². The fourth-order valence-electron chi connectivity index (χ4n) is 4.49. The van der Waals surface area contributed by atoms with Crippen LogP contribution in [0.4, 0.5) is 20.6 Å². The Kier molecular flexibility index (Phi) is 3.86. The van der Waals surface area contributed by atoms with Gasteiger partial charge in [-0.25, -0.2) is 9.18 Å². The van der Waals surface area contributed by atoms with E-state index in [2.05, 4.69) is 10.6 Å². The number of carboxylic acid groups (broad SMARTS) is 1. The number of nitrogens with zero attached hydrogens (tertiary/aromatic N) is 1. The number of benzene rings is 1. The summed E-state index contributed by atoms with van der Waals surface area (Å²) in [6.07, 6.45) is 3.03. The second-order valence-electron chi connectivity index (χ2n) is 7.40. The van der Waals surface area contributed by atoms with E-state index < -0.39 is 23.2 Å². The molecule has 3 amide bonds. The molecule has 0 aromatic heterocycles. The predicted octanol–water partition coefficient (Wildman–Crippen LogP) is 2.43. The van der Waals surface area contributed by atoms with Gasteiger partial charge in [-0.3, -0.25) is 9.59 Å². The van der Waals surface area contributed by atoms with Crippen LogP contribution in [0.15, 0.2) is 12.1 Å². The van der Waals surface area contributed by atoms with Crippen molar-refractivity contribution in [2.24, 2.45) is 11.3 Å². The van der Waals surface area contributed by atoms with E-state index in [1.807, 2.05) is 0 Å². The van der Waals surface area contributed by atoms with Crippen molar-refractivity contribution in [3.8, 4) is 0 Å². The number of rotatable bonds is 2. The summed E-state index contributed by atoms with van der Waals surface area (Å²) in [6.45, 7) is 0.530. The first kappa shape index (κ1) is 16.8. The number of likely N-dealkylation sites (tertiary alicyclic amines) is 1. The molecule has 4 rings (SSSR count). The molecule has 2 heterocycles. The van der Waals surface area contributed by atoms with Gasteiger partial charge < -0.3 is 20.6 Å². The molecule has 2 aliphatic heterocycles. The first-order valence-corrected chi connectivity index (χ1v) is 8.81. The molecule has 138 valence electrons. The highest BCUT2D eigenvalue weighted by atomic mass is 19.1. The standard InChI is InChI=1S/C18H20FN3O4/c19-12-7-13-10(3-4-15(23)20-13)6-14(12)21-17(26)22-8-11-2-1-5-18(11,9-22)16(24)25/h6-7,11H,1-5,8-9H2,(H,20,23)(H,21,26)(H,24,25)/t11-,18+/m0/s1. The Morgan fingerprint density at radius 2 is 2.15 bits per heavy atom. The number of carbonyl (C=O) groups excluding carboxylic acids is 2. The number of aliphatic carboxylic acids is 1. The lowest BCUT2D eigenvalue weighted by molar-refractivity contribution is -0.149. The lowest BCUT2D eigenvalue weighted by Crippen LogP contribution is -2.38. The number of nitrogens with one attached hydrogen (secondary N) is 2. The Labute approximate surface area is 149 Å². The fraction of sp³-hybridized carbons (Fsp3) is 0.500. The summed E-state index contributed by atoms with van der Waals surface area (Å²) in [5.74, 6) is -1.69. The summed E-state index contributed by atoms with van der Waals surface area (Å²) in [4.78, 5) is 37.2. The minimum Gasteiger partial charge on any atom is -0.481 e. The largest absolute Gasteiger partial charge is 0.481 e. The third-order valence-electron chi connectivity index (χ3n) is 5.91. The van der Waals surface area contributed by atoms with Gasteiger partial charge in [-0.05, 0) is 42.9 Å².